The number of anilines is 1. The molecular formula is C20H20N2O9S2. The van der Waals surface area contributed by atoms with Gasteiger partial charge in [0.25, 0.3) is 11.6 Å². The maximum atomic E-state index is 12.3. The summed E-state index contributed by atoms with van der Waals surface area (Å²) < 4.78 is 33.4. The molecule has 3 rings (SSSR count). The van der Waals surface area contributed by atoms with Crippen molar-refractivity contribution in [2.24, 2.45) is 0 Å². The number of carbonyl (C=O) groups excluding carboxylic acids is 3. The smallest absolute Gasteiger partial charge is 0.341 e. The third-order valence-electron chi connectivity index (χ3n) is 4.69. The minimum Gasteiger partial charge on any atom is -0.462 e. The molecule has 1 amide bonds. The highest BCUT2D eigenvalue weighted by Gasteiger charge is 2.32. The highest BCUT2D eigenvalue weighted by Crippen LogP contribution is 2.46. The van der Waals surface area contributed by atoms with Gasteiger partial charge in [-0.15, -0.1) is 11.3 Å². The first-order valence-corrected chi connectivity index (χ1v) is 12.5. The lowest BCUT2D eigenvalue weighted by atomic mass is 10.1. The number of hydrogen-bond donors (Lipinski definition) is 1. The highest BCUT2D eigenvalue weighted by atomic mass is 32.2. The van der Waals surface area contributed by atoms with Crippen molar-refractivity contribution in [2.45, 2.75) is 30.6 Å². The molecule has 0 bridgehead atoms. The highest BCUT2D eigenvalue weighted by molar-refractivity contribution is 7.90. The second kappa shape index (κ2) is 9.67. The summed E-state index contributed by atoms with van der Waals surface area (Å²) >= 11 is 1.16. The zero-order chi connectivity index (χ0) is 24.3. The number of amides is 1. The molecular weight excluding hydrogens is 476 g/mol. The van der Waals surface area contributed by atoms with Gasteiger partial charge >= 0.3 is 11.9 Å². The minimum atomic E-state index is -3.89. The number of esters is 2. The Labute approximate surface area is 192 Å². The van der Waals surface area contributed by atoms with Gasteiger partial charge in [0.05, 0.1) is 22.7 Å². The summed E-state index contributed by atoms with van der Waals surface area (Å²) in [6, 6.07) is 2.77. The Kier molecular flexibility index (Phi) is 7.12. The van der Waals surface area contributed by atoms with Gasteiger partial charge in [-0.3, -0.25) is 14.9 Å². The Morgan fingerprint density at radius 1 is 1.21 bits per heavy atom. The fourth-order valence-electron chi connectivity index (χ4n) is 3.05. The van der Waals surface area contributed by atoms with Crippen molar-refractivity contribution in [3.8, 4) is 0 Å². The van der Waals surface area contributed by atoms with Gasteiger partial charge in [-0.1, -0.05) is 0 Å². The van der Waals surface area contributed by atoms with Crippen LogP contribution in [0.25, 0.3) is 0 Å². The number of rotatable bonds is 9. The van der Waals surface area contributed by atoms with Crippen molar-refractivity contribution in [1.82, 2.24) is 0 Å². The summed E-state index contributed by atoms with van der Waals surface area (Å²) in [5.41, 5.74) is 0.0305. The number of benzene rings is 1. The normalized spacial score (nSPS) is 13.3. The summed E-state index contributed by atoms with van der Waals surface area (Å²) in [5, 5.41) is 15.8. The van der Waals surface area contributed by atoms with Crippen molar-refractivity contribution in [3.63, 3.8) is 0 Å². The zero-order valence-electron chi connectivity index (χ0n) is 17.7. The van der Waals surface area contributed by atoms with E-state index in [1.165, 1.54) is 0 Å². The quantitative estimate of drug-likeness (QED) is 0.313. The van der Waals surface area contributed by atoms with Crippen LogP contribution < -0.4 is 5.32 Å². The number of ether oxygens (including phenoxy) is 2. The molecule has 2 aromatic rings. The molecule has 1 saturated carbocycles. The number of nitro benzene ring substituents is 1. The fourth-order valence-corrected chi connectivity index (χ4v) is 4.93. The van der Waals surface area contributed by atoms with Gasteiger partial charge in [-0.25, -0.2) is 18.0 Å². The first kappa shape index (κ1) is 24.3. The largest absolute Gasteiger partial charge is 0.462 e. The summed E-state index contributed by atoms with van der Waals surface area (Å²) in [6.45, 7) is 1.12. The molecule has 1 aromatic heterocycles. The monoisotopic (exact) mass is 496 g/mol. The van der Waals surface area contributed by atoms with Gasteiger partial charge in [0.15, 0.2) is 16.4 Å². The average Bonchev–Trinajstić information content (AvgIpc) is 3.51. The van der Waals surface area contributed by atoms with Gasteiger partial charge in [0.1, 0.15) is 9.90 Å². The lowest BCUT2D eigenvalue weighted by Crippen LogP contribution is -2.22. The van der Waals surface area contributed by atoms with Crippen LogP contribution in [0, 0.1) is 10.1 Å². The predicted octanol–water partition coefficient (Wildman–Crippen LogP) is 2.91. The molecule has 0 unspecified atom stereocenters. The van der Waals surface area contributed by atoms with Gasteiger partial charge in [0, 0.05) is 12.3 Å². The molecule has 1 aromatic carbocycles. The van der Waals surface area contributed by atoms with E-state index in [0.29, 0.717) is 0 Å². The summed E-state index contributed by atoms with van der Waals surface area (Å²) in [5.74, 6) is -2.08. The fraction of sp³-hybridized carbons (Fsp3) is 0.350. The van der Waals surface area contributed by atoms with Crippen LogP contribution in [0.3, 0.4) is 0 Å². The van der Waals surface area contributed by atoms with Crippen molar-refractivity contribution in [1.29, 1.82) is 0 Å². The third-order valence-corrected chi connectivity index (χ3v) is 6.75. The van der Waals surface area contributed by atoms with Crippen molar-refractivity contribution in [3.05, 3.63) is 50.4 Å². The van der Waals surface area contributed by atoms with E-state index in [1.54, 1.807) is 12.3 Å². The molecule has 1 aliphatic rings. The van der Waals surface area contributed by atoms with Crippen LogP contribution in [0.1, 0.15) is 52.0 Å². The summed E-state index contributed by atoms with van der Waals surface area (Å²) in [4.78, 5) is 46.6. The Bertz CT molecular complexity index is 1230. The van der Waals surface area contributed by atoms with Crippen molar-refractivity contribution in [2.75, 3.05) is 24.8 Å². The Morgan fingerprint density at radius 2 is 1.91 bits per heavy atom. The molecule has 176 valence electrons. The molecule has 33 heavy (non-hydrogen) atoms. The van der Waals surface area contributed by atoms with Crippen LogP contribution >= 0.6 is 11.3 Å². The average molecular weight is 497 g/mol. The Hall–Kier alpha value is -3.32. The van der Waals surface area contributed by atoms with E-state index in [-0.39, 0.29) is 28.7 Å². The second-order valence-corrected chi connectivity index (χ2v) is 10.1. The van der Waals surface area contributed by atoms with Gasteiger partial charge < -0.3 is 14.8 Å². The van der Waals surface area contributed by atoms with Crippen molar-refractivity contribution < 1.29 is 37.2 Å². The van der Waals surface area contributed by atoms with Crippen LogP contribution in [0.2, 0.25) is 0 Å². The lowest BCUT2D eigenvalue weighted by molar-refractivity contribution is -0.387. The number of nitrogens with zero attached hydrogens (tertiary/aromatic N) is 1. The van der Waals surface area contributed by atoms with Crippen molar-refractivity contribution >= 4 is 49.7 Å². The predicted molar refractivity (Wildman–Crippen MR) is 117 cm³/mol. The molecule has 1 fully saturated rings. The van der Waals surface area contributed by atoms with Crippen LogP contribution in [-0.4, -0.2) is 50.7 Å². The number of sulfone groups is 1. The van der Waals surface area contributed by atoms with Gasteiger partial charge in [0.2, 0.25) is 0 Å². The molecule has 0 spiro atoms. The minimum absolute atomic E-state index is 0.175. The van der Waals surface area contributed by atoms with Crippen LogP contribution in [0.4, 0.5) is 10.7 Å². The van der Waals surface area contributed by atoms with Gasteiger partial charge in [-0.05, 0) is 48.8 Å². The van der Waals surface area contributed by atoms with E-state index in [1.807, 2.05) is 0 Å². The number of hydrogen-bond acceptors (Lipinski definition) is 10. The summed E-state index contributed by atoms with van der Waals surface area (Å²) in [7, 11) is -3.89. The standard InChI is InChI=1S/C20H20N2O9S2/c1-3-30-20(25)17-13(11-4-5-11)10-32-18(17)21-16(23)9-31-19(24)12-6-7-15(33(2,28)29)14(8-12)22(26)27/h6-8,10-11H,3-5,9H2,1-2H3,(H,21,23). The maximum absolute atomic E-state index is 12.3. The maximum Gasteiger partial charge on any atom is 0.341 e. The van der Waals surface area contributed by atoms with Crippen LogP contribution in [-0.2, 0) is 24.1 Å². The van der Waals surface area contributed by atoms with Crippen LogP contribution in [0.15, 0.2) is 28.5 Å². The Morgan fingerprint density at radius 3 is 2.48 bits per heavy atom. The first-order chi connectivity index (χ1) is 15.5. The molecule has 0 radical (unpaired) electrons. The van der Waals surface area contributed by atoms with E-state index in [2.05, 4.69) is 5.32 Å². The number of carbonyl (C=O) groups is 3. The number of nitrogens with one attached hydrogen (secondary N) is 1. The van der Waals surface area contributed by atoms with Crippen LogP contribution in [0.5, 0.6) is 0 Å². The molecule has 0 atom stereocenters. The SMILES string of the molecule is CCOC(=O)c1c(C2CC2)csc1NC(=O)COC(=O)c1ccc(S(C)(=O)=O)c([N+](=O)[O-])c1. The Balaban J connectivity index is 1.70. The van der Waals surface area contributed by atoms with Gasteiger partial charge in [-0.2, -0.15) is 0 Å². The summed E-state index contributed by atoms with van der Waals surface area (Å²) in [6.07, 6.45) is 2.69. The third kappa shape index (κ3) is 5.73. The first-order valence-electron chi connectivity index (χ1n) is 9.76. The van der Waals surface area contributed by atoms with E-state index >= 15 is 0 Å². The molecule has 1 N–H and O–H groups in total. The second-order valence-electron chi connectivity index (χ2n) is 7.23. The lowest BCUT2D eigenvalue weighted by Gasteiger charge is -2.09. The topological polar surface area (TPSA) is 159 Å². The number of nitro groups is 1. The van der Waals surface area contributed by atoms with E-state index in [0.717, 1.165) is 54.2 Å². The molecule has 11 nitrogen and oxygen atoms in total. The molecule has 1 heterocycles. The molecule has 13 heteroatoms. The molecule has 1 aliphatic carbocycles. The molecule has 0 saturated heterocycles. The molecule has 0 aliphatic heterocycles. The van der Waals surface area contributed by atoms with E-state index < -0.39 is 49.8 Å². The zero-order valence-corrected chi connectivity index (χ0v) is 19.3. The van der Waals surface area contributed by atoms with E-state index in [9.17, 15) is 32.9 Å². The van der Waals surface area contributed by atoms with E-state index in [4.69, 9.17) is 9.47 Å². The number of thiophene rings is 1.